The largest absolute Gasteiger partial charge is 0.508 e. The van der Waals surface area contributed by atoms with E-state index in [-0.39, 0.29) is 11.5 Å². The van der Waals surface area contributed by atoms with Crippen molar-refractivity contribution in [2.45, 2.75) is 6.92 Å². The molecule has 0 aliphatic carbocycles. The van der Waals surface area contributed by atoms with Crippen LogP contribution in [0.3, 0.4) is 0 Å². The van der Waals surface area contributed by atoms with Crippen LogP contribution in [0.15, 0.2) is 48.5 Å². The smallest absolute Gasteiger partial charge is 0.115 e. The Balaban J connectivity index is 2.12. The summed E-state index contributed by atoms with van der Waals surface area (Å²) >= 11 is 0. The second-order valence-corrected chi connectivity index (χ2v) is 5.04. The van der Waals surface area contributed by atoms with Gasteiger partial charge in [-0.05, 0) is 55.5 Å². The third kappa shape index (κ3) is 2.36. The van der Waals surface area contributed by atoms with Crippen LogP contribution in [0, 0.1) is 6.92 Å². The third-order valence-electron chi connectivity index (χ3n) is 3.57. The normalized spacial score (nSPS) is 10.8. The van der Waals surface area contributed by atoms with Crippen molar-refractivity contribution < 1.29 is 10.2 Å². The Morgan fingerprint density at radius 1 is 0.810 bits per heavy atom. The highest BCUT2D eigenvalue weighted by Crippen LogP contribution is 2.32. The lowest BCUT2D eigenvalue weighted by molar-refractivity contribution is 0.475. The number of phenolic OH excluding ortho intramolecular Hbond substituents is 2. The van der Waals surface area contributed by atoms with Crippen LogP contribution in [0.2, 0.25) is 0 Å². The van der Waals surface area contributed by atoms with E-state index in [1.54, 1.807) is 24.3 Å². The van der Waals surface area contributed by atoms with Crippen molar-refractivity contribution in [3.63, 3.8) is 0 Å². The highest BCUT2D eigenvalue weighted by Gasteiger charge is 2.15. The molecule has 0 bridgehead atoms. The van der Waals surface area contributed by atoms with E-state index in [0.29, 0.717) is 0 Å². The van der Waals surface area contributed by atoms with E-state index >= 15 is 0 Å². The summed E-state index contributed by atoms with van der Waals surface area (Å²) in [5.41, 5.74) is 4.93. The van der Waals surface area contributed by atoms with Gasteiger partial charge in [-0.1, -0.05) is 0 Å². The van der Waals surface area contributed by atoms with Crippen LogP contribution in [0.25, 0.3) is 22.5 Å². The van der Waals surface area contributed by atoms with Crippen molar-refractivity contribution >= 4 is 0 Å². The topological polar surface area (TPSA) is 58.3 Å². The molecule has 0 radical (unpaired) electrons. The number of rotatable bonds is 2. The lowest BCUT2D eigenvalue weighted by atomic mass is 10.0. The maximum absolute atomic E-state index is 9.41. The van der Waals surface area contributed by atoms with Crippen molar-refractivity contribution in [2.75, 3.05) is 0 Å². The van der Waals surface area contributed by atoms with E-state index in [1.165, 1.54) is 0 Å². The van der Waals surface area contributed by atoms with Crippen LogP contribution in [0.5, 0.6) is 11.5 Å². The summed E-state index contributed by atoms with van der Waals surface area (Å²) < 4.78 is 1.84. The molecule has 0 atom stereocenters. The molecule has 2 aromatic carbocycles. The van der Waals surface area contributed by atoms with Crippen LogP contribution < -0.4 is 0 Å². The molecule has 0 spiro atoms. The third-order valence-corrected chi connectivity index (χ3v) is 3.57. The van der Waals surface area contributed by atoms with Gasteiger partial charge in [-0.2, -0.15) is 5.10 Å². The zero-order chi connectivity index (χ0) is 15.0. The van der Waals surface area contributed by atoms with Gasteiger partial charge in [0.2, 0.25) is 0 Å². The summed E-state index contributed by atoms with van der Waals surface area (Å²) in [7, 11) is 1.90. The molecule has 0 saturated heterocycles. The highest BCUT2D eigenvalue weighted by atomic mass is 16.3. The summed E-state index contributed by atoms with van der Waals surface area (Å²) in [6.07, 6.45) is 0. The minimum atomic E-state index is 0.242. The van der Waals surface area contributed by atoms with Gasteiger partial charge in [0.1, 0.15) is 11.5 Å². The van der Waals surface area contributed by atoms with Gasteiger partial charge < -0.3 is 10.2 Å². The molecule has 0 saturated carbocycles. The van der Waals surface area contributed by atoms with Crippen molar-refractivity contribution in [1.29, 1.82) is 0 Å². The van der Waals surface area contributed by atoms with Crippen LogP contribution in [0.1, 0.15) is 5.56 Å². The summed E-state index contributed by atoms with van der Waals surface area (Å²) in [5, 5.41) is 23.4. The average Bonchev–Trinajstić information content (AvgIpc) is 2.76. The van der Waals surface area contributed by atoms with Crippen LogP contribution in [-0.4, -0.2) is 20.0 Å². The van der Waals surface area contributed by atoms with Gasteiger partial charge in [-0.25, -0.2) is 0 Å². The summed E-state index contributed by atoms with van der Waals surface area (Å²) in [6, 6.07) is 14.1. The Kier molecular flexibility index (Phi) is 3.14. The van der Waals surface area contributed by atoms with E-state index in [2.05, 4.69) is 5.10 Å². The first-order valence-corrected chi connectivity index (χ1v) is 6.68. The number of hydrogen-bond acceptors (Lipinski definition) is 3. The van der Waals surface area contributed by atoms with E-state index in [9.17, 15) is 10.2 Å². The van der Waals surface area contributed by atoms with Gasteiger partial charge in [0, 0.05) is 23.7 Å². The van der Waals surface area contributed by atoms with Gasteiger partial charge in [0.05, 0.1) is 11.4 Å². The molecule has 3 rings (SSSR count). The molecule has 106 valence electrons. The SMILES string of the molecule is Cc1c(-c2ccc(O)cc2)nn(C)c1-c1ccc(O)cc1. The molecule has 0 aliphatic rings. The number of aromatic nitrogens is 2. The summed E-state index contributed by atoms with van der Waals surface area (Å²) in [4.78, 5) is 0. The molecule has 0 amide bonds. The van der Waals surface area contributed by atoms with Crippen LogP contribution in [0.4, 0.5) is 0 Å². The zero-order valence-electron chi connectivity index (χ0n) is 11.9. The number of hydrogen-bond donors (Lipinski definition) is 2. The van der Waals surface area contributed by atoms with Crippen LogP contribution >= 0.6 is 0 Å². The molecule has 2 N–H and O–H groups in total. The Morgan fingerprint density at radius 3 is 1.81 bits per heavy atom. The van der Waals surface area contributed by atoms with E-state index in [1.807, 2.05) is 42.9 Å². The Morgan fingerprint density at radius 2 is 1.29 bits per heavy atom. The number of benzene rings is 2. The molecule has 1 aromatic heterocycles. The Hall–Kier alpha value is -2.75. The molecule has 0 unspecified atom stereocenters. The van der Waals surface area contributed by atoms with Gasteiger partial charge in [-0.3, -0.25) is 4.68 Å². The Bertz CT molecular complexity index is 772. The molecule has 4 nitrogen and oxygen atoms in total. The van der Waals surface area contributed by atoms with Crippen molar-refractivity contribution in [3.8, 4) is 34.0 Å². The first kappa shape index (κ1) is 13.2. The van der Waals surface area contributed by atoms with Crippen molar-refractivity contribution in [3.05, 3.63) is 54.1 Å². The predicted molar refractivity (Wildman–Crippen MR) is 82.1 cm³/mol. The number of aryl methyl sites for hydroxylation is 1. The van der Waals surface area contributed by atoms with E-state index in [0.717, 1.165) is 28.1 Å². The molecule has 3 aromatic rings. The molecule has 21 heavy (non-hydrogen) atoms. The van der Waals surface area contributed by atoms with Gasteiger partial charge in [-0.15, -0.1) is 0 Å². The fourth-order valence-electron chi connectivity index (χ4n) is 2.55. The second kappa shape index (κ2) is 4.98. The highest BCUT2D eigenvalue weighted by molar-refractivity contribution is 5.74. The minimum absolute atomic E-state index is 0.242. The van der Waals surface area contributed by atoms with Gasteiger partial charge in [0.25, 0.3) is 0 Å². The first-order valence-electron chi connectivity index (χ1n) is 6.68. The van der Waals surface area contributed by atoms with E-state index < -0.39 is 0 Å². The van der Waals surface area contributed by atoms with Gasteiger partial charge in [0.15, 0.2) is 0 Å². The van der Waals surface area contributed by atoms with Crippen molar-refractivity contribution in [1.82, 2.24) is 9.78 Å². The lowest BCUT2D eigenvalue weighted by Crippen LogP contribution is -1.94. The quantitative estimate of drug-likeness (QED) is 0.755. The summed E-state index contributed by atoms with van der Waals surface area (Å²) in [6.45, 7) is 2.03. The lowest BCUT2D eigenvalue weighted by Gasteiger charge is -2.04. The first-order chi connectivity index (χ1) is 10.1. The predicted octanol–water partition coefficient (Wildman–Crippen LogP) is 3.47. The molecular weight excluding hydrogens is 264 g/mol. The van der Waals surface area contributed by atoms with E-state index in [4.69, 9.17) is 0 Å². The number of phenols is 2. The second-order valence-electron chi connectivity index (χ2n) is 5.04. The van der Waals surface area contributed by atoms with Gasteiger partial charge >= 0.3 is 0 Å². The fraction of sp³-hybridized carbons (Fsp3) is 0.118. The molecule has 4 heteroatoms. The molecule has 1 heterocycles. The van der Waals surface area contributed by atoms with Crippen LogP contribution in [-0.2, 0) is 7.05 Å². The maximum atomic E-state index is 9.41. The molecular formula is C17H16N2O2. The van der Waals surface area contributed by atoms with Crippen molar-refractivity contribution in [2.24, 2.45) is 7.05 Å². The average molecular weight is 280 g/mol. The Labute approximate surface area is 122 Å². The number of nitrogens with zero attached hydrogens (tertiary/aromatic N) is 2. The monoisotopic (exact) mass is 280 g/mol. The molecule has 0 fully saturated rings. The molecule has 0 aliphatic heterocycles. The minimum Gasteiger partial charge on any atom is -0.508 e. The summed E-state index contributed by atoms with van der Waals surface area (Å²) in [5.74, 6) is 0.489. The standard InChI is InChI=1S/C17H16N2O2/c1-11-16(12-3-7-14(20)8-4-12)18-19(2)17(11)13-5-9-15(21)10-6-13/h3-10,20-21H,1-2H3. The number of aromatic hydroxyl groups is 2. The maximum Gasteiger partial charge on any atom is 0.115 e. The zero-order valence-corrected chi connectivity index (χ0v) is 11.9. The fourth-order valence-corrected chi connectivity index (χ4v) is 2.55.